The Bertz CT molecular complexity index is 1370. The average Bonchev–Trinajstić information content (AvgIpc) is 3.42. The van der Waals surface area contributed by atoms with E-state index in [0.29, 0.717) is 18.1 Å². The number of nitrogens with zero attached hydrogens (tertiary/aromatic N) is 2. The van der Waals surface area contributed by atoms with E-state index in [2.05, 4.69) is 10.5 Å². The third kappa shape index (κ3) is 6.91. The Morgan fingerprint density at radius 3 is 2.28 bits per heavy atom. The van der Waals surface area contributed by atoms with Gasteiger partial charge >= 0.3 is 0 Å². The molecular weight excluding hydrogens is 478 g/mol. The highest BCUT2D eigenvalue weighted by molar-refractivity contribution is 7.89. The van der Waals surface area contributed by atoms with Gasteiger partial charge in [-0.1, -0.05) is 48.5 Å². The van der Waals surface area contributed by atoms with Crippen LogP contribution in [0.4, 0.5) is 0 Å². The van der Waals surface area contributed by atoms with Crippen molar-refractivity contribution < 1.29 is 22.4 Å². The van der Waals surface area contributed by atoms with Gasteiger partial charge in [-0.2, -0.15) is 9.41 Å². The SMILES string of the molecule is O=C(CN(Cc1ccco1)S(=O)(=O)c1ccccc1)NN=Cc1ccc(OCc2ccccc2)cc1. The molecule has 0 bridgehead atoms. The Labute approximate surface area is 209 Å². The highest BCUT2D eigenvalue weighted by Crippen LogP contribution is 2.18. The molecule has 0 fully saturated rings. The van der Waals surface area contributed by atoms with Crippen LogP contribution >= 0.6 is 0 Å². The van der Waals surface area contributed by atoms with Crippen LogP contribution in [0.15, 0.2) is 118 Å². The zero-order chi connectivity index (χ0) is 25.2. The van der Waals surface area contributed by atoms with Crippen molar-refractivity contribution in [2.45, 2.75) is 18.0 Å². The number of carbonyl (C=O) groups excluding carboxylic acids is 1. The second-order valence-corrected chi connectivity index (χ2v) is 9.74. The van der Waals surface area contributed by atoms with Crippen LogP contribution < -0.4 is 10.2 Å². The molecule has 0 radical (unpaired) electrons. The van der Waals surface area contributed by atoms with Gasteiger partial charge in [0, 0.05) is 0 Å². The number of amides is 1. The number of furan rings is 1. The summed E-state index contributed by atoms with van der Waals surface area (Å²) in [7, 11) is -3.93. The molecule has 1 aromatic heterocycles. The number of sulfonamides is 1. The van der Waals surface area contributed by atoms with Crippen LogP contribution in [0.5, 0.6) is 5.75 Å². The molecule has 36 heavy (non-hydrogen) atoms. The van der Waals surface area contributed by atoms with Crippen molar-refractivity contribution in [1.82, 2.24) is 9.73 Å². The van der Waals surface area contributed by atoms with E-state index < -0.39 is 22.5 Å². The van der Waals surface area contributed by atoms with E-state index in [1.54, 1.807) is 42.5 Å². The molecule has 4 rings (SSSR count). The fourth-order valence-corrected chi connectivity index (χ4v) is 4.69. The molecule has 0 aliphatic rings. The van der Waals surface area contributed by atoms with Crippen molar-refractivity contribution in [3.63, 3.8) is 0 Å². The maximum absolute atomic E-state index is 13.1. The van der Waals surface area contributed by atoms with Crippen LogP contribution in [0.25, 0.3) is 0 Å². The normalized spacial score (nSPS) is 11.6. The van der Waals surface area contributed by atoms with Gasteiger partial charge in [-0.25, -0.2) is 13.8 Å². The molecule has 1 amide bonds. The molecule has 0 saturated heterocycles. The number of nitrogens with one attached hydrogen (secondary N) is 1. The van der Waals surface area contributed by atoms with E-state index >= 15 is 0 Å². The van der Waals surface area contributed by atoms with Crippen LogP contribution in [0.1, 0.15) is 16.9 Å². The second kappa shape index (κ2) is 12.0. The smallest absolute Gasteiger partial charge is 0.255 e. The highest BCUT2D eigenvalue weighted by atomic mass is 32.2. The number of hydrogen-bond donors (Lipinski definition) is 1. The Kier molecular flexibility index (Phi) is 8.28. The second-order valence-electron chi connectivity index (χ2n) is 7.80. The van der Waals surface area contributed by atoms with Gasteiger partial charge in [0.2, 0.25) is 10.0 Å². The monoisotopic (exact) mass is 503 g/mol. The minimum Gasteiger partial charge on any atom is -0.489 e. The summed E-state index contributed by atoms with van der Waals surface area (Å²) in [6, 6.07) is 28.3. The minimum absolute atomic E-state index is 0.0856. The minimum atomic E-state index is -3.93. The van der Waals surface area contributed by atoms with Crippen molar-refractivity contribution in [1.29, 1.82) is 0 Å². The molecular formula is C27H25N3O5S. The van der Waals surface area contributed by atoms with Gasteiger partial charge in [0.15, 0.2) is 0 Å². The van der Waals surface area contributed by atoms with Crippen LogP contribution in [-0.2, 0) is 28.0 Å². The molecule has 1 N–H and O–H groups in total. The quantitative estimate of drug-likeness (QED) is 0.244. The molecule has 0 atom stereocenters. The van der Waals surface area contributed by atoms with Gasteiger partial charge in [-0.3, -0.25) is 4.79 Å². The van der Waals surface area contributed by atoms with Crippen LogP contribution in [0.2, 0.25) is 0 Å². The Hall–Kier alpha value is -4.21. The predicted molar refractivity (Wildman–Crippen MR) is 136 cm³/mol. The lowest BCUT2D eigenvalue weighted by molar-refractivity contribution is -0.121. The molecule has 0 unspecified atom stereocenters. The first-order valence-electron chi connectivity index (χ1n) is 11.2. The number of rotatable bonds is 11. The van der Waals surface area contributed by atoms with Gasteiger partial charge in [0.1, 0.15) is 18.1 Å². The number of hydrogen-bond acceptors (Lipinski definition) is 6. The van der Waals surface area contributed by atoms with Crippen LogP contribution in [-0.4, -0.2) is 31.4 Å². The van der Waals surface area contributed by atoms with Crippen molar-refractivity contribution in [3.05, 3.63) is 120 Å². The topological polar surface area (TPSA) is 101 Å². The van der Waals surface area contributed by atoms with Crippen LogP contribution in [0, 0.1) is 0 Å². The van der Waals surface area contributed by atoms with E-state index in [0.717, 1.165) is 15.4 Å². The van der Waals surface area contributed by atoms with Crippen LogP contribution in [0.3, 0.4) is 0 Å². The van der Waals surface area contributed by atoms with E-state index in [1.165, 1.54) is 24.6 Å². The van der Waals surface area contributed by atoms with Gasteiger partial charge in [-0.05, 0) is 59.7 Å². The summed E-state index contributed by atoms with van der Waals surface area (Å²) in [6.07, 6.45) is 2.92. The zero-order valence-corrected chi connectivity index (χ0v) is 20.2. The summed E-state index contributed by atoms with van der Waals surface area (Å²) >= 11 is 0. The maximum atomic E-state index is 13.1. The fourth-order valence-electron chi connectivity index (χ4n) is 3.31. The first kappa shape index (κ1) is 24.9. The molecule has 0 aliphatic carbocycles. The molecule has 0 saturated carbocycles. The Morgan fingerprint density at radius 1 is 0.917 bits per heavy atom. The molecule has 0 spiro atoms. The standard InChI is InChI=1S/C27H25N3O5S/c31-27(20-30(19-25-10-7-17-34-25)36(32,33)26-11-5-2-6-12-26)29-28-18-22-13-15-24(16-14-22)35-21-23-8-3-1-4-9-23/h1-18H,19-21H2,(H,29,31). The molecule has 4 aromatic rings. The van der Waals surface area contributed by atoms with E-state index in [4.69, 9.17) is 9.15 Å². The number of carbonyl (C=O) groups is 1. The molecule has 0 aliphatic heterocycles. The molecule has 8 nitrogen and oxygen atoms in total. The summed E-state index contributed by atoms with van der Waals surface area (Å²) in [5.74, 6) is 0.542. The predicted octanol–water partition coefficient (Wildman–Crippen LogP) is 4.20. The van der Waals surface area contributed by atoms with Crippen molar-refractivity contribution in [3.8, 4) is 5.75 Å². The maximum Gasteiger partial charge on any atom is 0.255 e. The number of ether oxygens (including phenoxy) is 1. The van der Waals surface area contributed by atoms with Gasteiger partial charge in [0.05, 0.1) is 30.5 Å². The Morgan fingerprint density at radius 2 is 1.61 bits per heavy atom. The van der Waals surface area contributed by atoms with Gasteiger partial charge in [-0.15, -0.1) is 0 Å². The lowest BCUT2D eigenvalue weighted by Gasteiger charge is -2.20. The summed E-state index contributed by atoms with van der Waals surface area (Å²) in [4.78, 5) is 12.6. The third-order valence-electron chi connectivity index (χ3n) is 5.14. The van der Waals surface area contributed by atoms with E-state index in [1.807, 2.05) is 42.5 Å². The number of hydrazone groups is 1. The molecule has 3 aromatic carbocycles. The van der Waals surface area contributed by atoms with Crippen molar-refractivity contribution >= 4 is 22.1 Å². The highest BCUT2D eigenvalue weighted by Gasteiger charge is 2.27. The fraction of sp³-hybridized carbons (Fsp3) is 0.111. The lowest BCUT2D eigenvalue weighted by atomic mass is 10.2. The van der Waals surface area contributed by atoms with Gasteiger partial charge < -0.3 is 9.15 Å². The van der Waals surface area contributed by atoms with Crippen molar-refractivity contribution in [2.24, 2.45) is 5.10 Å². The van der Waals surface area contributed by atoms with E-state index in [-0.39, 0.29) is 11.4 Å². The Balaban J connectivity index is 1.35. The van der Waals surface area contributed by atoms with E-state index in [9.17, 15) is 13.2 Å². The molecule has 184 valence electrons. The summed E-state index contributed by atoms with van der Waals surface area (Å²) < 4.78 is 38.3. The zero-order valence-electron chi connectivity index (χ0n) is 19.4. The molecule has 1 heterocycles. The number of benzene rings is 3. The van der Waals surface area contributed by atoms with Crippen molar-refractivity contribution in [2.75, 3.05) is 6.54 Å². The summed E-state index contributed by atoms with van der Waals surface area (Å²) in [5, 5.41) is 3.96. The summed E-state index contributed by atoms with van der Waals surface area (Å²) in [6.45, 7) is -0.0575. The molecule has 9 heteroatoms. The van der Waals surface area contributed by atoms with Gasteiger partial charge in [0.25, 0.3) is 5.91 Å². The lowest BCUT2D eigenvalue weighted by Crippen LogP contribution is -2.38. The largest absolute Gasteiger partial charge is 0.489 e. The first-order valence-corrected chi connectivity index (χ1v) is 12.6. The first-order chi connectivity index (χ1) is 17.5. The third-order valence-corrected chi connectivity index (χ3v) is 6.95. The average molecular weight is 504 g/mol. The summed E-state index contributed by atoms with van der Waals surface area (Å²) in [5.41, 5.74) is 4.20.